The van der Waals surface area contributed by atoms with Crippen LogP contribution in [-0.2, 0) is 16.4 Å². The average molecular weight is 254 g/mol. The molecule has 1 heterocycles. The number of hydrogen-bond acceptors (Lipinski definition) is 3. The van der Waals surface area contributed by atoms with Crippen LogP contribution >= 0.6 is 0 Å². The van der Waals surface area contributed by atoms with Crippen molar-refractivity contribution >= 4 is 15.7 Å². The van der Waals surface area contributed by atoms with Gasteiger partial charge in [-0.3, -0.25) is 4.31 Å². The van der Waals surface area contributed by atoms with E-state index in [4.69, 9.17) is 5.73 Å². The maximum absolute atomic E-state index is 11.9. The lowest BCUT2D eigenvalue weighted by atomic mass is 10.1. The third-order valence-corrected chi connectivity index (χ3v) is 4.38. The lowest BCUT2D eigenvalue weighted by molar-refractivity contribution is 0.563. The number of para-hydroxylation sites is 1. The minimum Gasteiger partial charge on any atom is -0.328 e. The van der Waals surface area contributed by atoms with E-state index in [0.29, 0.717) is 6.54 Å². The van der Waals surface area contributed by atoms with Crippen molar-refractivity contribution in [3.63, 3.8) is 0 Å². The SMILES string of the molecule is CS(=O)(=O)N1c2ccccc2CCCC1CN. The molecule has 0 saturated heterocycles. The molecule has 0 saturated carbocycles. The van der Waals surface area contributed by atoms with E-state index in [9.17, 15) is 8.42 Å². The number of anilines is 1. The van der Waals surface area contributed by atoms with Gasteiger partial charge in [0.2, 0.25) is 10.0 Å². The summed E-state index contributed by atoms with van der Waals surface area (Å²) in [7, 11) is -3.27. The first-order valence-electron chi connectivity index (χ1n) is 5.81. The molecule has 0 fully saturated rings. The van der Waals surface area contributed by atoms with E-state index in [-0.39, 0.29) is 6.04 Å². The quantitative estimate of drug-likeness (QED) is 0.860. The highest BCUT2D eigenvalue weighted by atomic mass is 32.2. The molecule has 0 bridgehead atoms. The number of aryl methyl sites for hydroxylation is 1. The predicted octanol–water partition coefficient (Wildman–Crippen LogP) is 1.12. The van der Waals surface area contributed by atoms with Crippen molar-refractivity contribution in [2.75, 3.05) is 17.1 Å². The van der Waals surface area contributed by atoms with Crippen molar-refractivity contribution in [1.29, 1.82) is 0 Å². The van der Waals surface area contributed by atoms with E-state index in [0.717, 1.165) is 30.5 Å². The van der Waals surface area contributed by atoms with E-state index in [1.54, 1.807) is 0 Å². The second-order valence-electron chi connectivity index (χ2n) is 4.47. The van der Waals surface area contributed by atoms with Gasteiger partial charge >= 0.3 is 0 Å². The monoisotopic (exact) mass is 254 g/mol. The molecule has 17 heavy (non-hydrogen) atoms. The number of benzene rings is 1. The Morgan fingerprint density at radius 2 is 2.12 bits per heavy atom. The Hall–Kier alpha value is -1.07. The van der Waals surface area contributed by atoms with Crippen LogP contribution in [0, 0.1) is 0 Å². The van der Waals surface area contributed by atoms with Gasteiger partial charge in [0, 0.05) is 6.54 Å². The predicted molar refractivity (Wildman–Crippen MR) is 69.5 cm³/mol. The Bertz CT molecular complexity index is 499. The van der Waals surface area contributed by atoms with Crippen LogP contribution < -0.4 is 10.0 Å². The first-order chi connectivity index (χ1) is 8.04. The topological polar surface area (TPSA) is 63.4 Å². The van der Waals surface area contributed by atoms with Gasteiger partial charge < -0.3 is 5.73 Å². The zero-order valence-corrected chi connectivity index (χ0v) is 10.8. The molecule has 1 aromatic carbocycles. The molecule has 0 spiro atoms. The molecule has 94 valence electrons. The van der Waals surface area contributed by atoms with Crippen LogP contribution in [0.25, 0.3) is 0 Å². The molecule has 0 aliphatic carbocycles. The van der Waals surface area contributed by atoms with Gasteiger partial charge in [0.15, 0.2) is 0 Å². The van der Waals surface area contributed by atoms with Gasteiger partial charge in [0.25, 0.3) is 0 Å². The van der Waals surface area contributed by atoms with Crippen molar-refractivity contribution in [2.24, 2.45) is 5.73 Å². The van der Waals surface area contributed by atoms with Crippen LogP contribution in [0.2, 0.25) is 0 Å². The normalized spacial score (nSPS) is 20.8. The fourth-order valence-corrected chi connectivity index (χ4v) is 3.71. The molecule has 1 aliphatic rings. The molecule has 1 unspecified atom stereocenters. The molecule has 5 heteroatoms. The maximum atomic E-state index is 11.9. The first kappa shape index (κ1) is 12.4. The van der Waals surface area contributed by atoms with E-state index >= 15 is 0 Å². The smallest absolute Gasteiger partial charge is 0.232 e. The third kappa shape index (κ3) is 2.45. The zero-order chi connectivity index (χ0) is 12.5. The lowest BCUT2D eigenvalue weighted by Crippen LogP contribution is -2.43. The van der Waals surface area contributed by atoms with Gasteiger partial charge in [-0.15, -0.1) is 0 Å². The molecule has 2 rings (SSSR count). The molecule has 1 aromatic rings. The van der Waals surface area contributed by atoms with Crippen molar-refractivity contribution in [2.45, 2.75) is 25.3 Å². The molecule has 1 atom stereocenters. The Morgan fingerprint density at radius 3 is 2.76 bits per heavy atom. The first-order valence-corrected chi connectivity index (χ1v) is 7.66. The van der Waals surface area contributed by atoms with Crippen molar-refractivity contribution in [1.82, 2.24) is 0 Å². The standard InChI is InChI=1S/C12H18N2O2S/c1-17(15,16)14-11(9-13)7-4-6-10-5-2-3-8-12(10)14/h2-3,5,8,11H,4,6-7,9,13H2,1H3. The summed E-state index contributed by atoms with van der Waals surface area (Å²) in [6, 6.07) is 7.56. The van der Waals surface area contributed by atoms with E-state index < -0.39 is 10.0 Å². The molecule has 0 amide bonds. The van der Waals surface area contributed by atoms with Crippen LogP contribution in [0.3, 0.4) is 0 Å². The van der Waals surface area contributed by atoms with Crippen LogP contribution in [0.4, 0.5) is 5.69 Å². The molecule has 2 N–H and O–H groups in total. The van der Waals surface area contributed by atoms with Gasteiger partial charge in [0.05, 0.1) is 18.0 Å². The van der Waals surface area contributed by atoms with E-state index in [2.05, 4.69) is 0 Å². The highest BCUT2D eigenvalue weighted by molar-refractivity contribution is 7.92. The summed E-state index contributed by atoms with van der Waals surface area (Å²) < 4.78 is 25.4. The number of sulfonamides is 1. The summed E-state index contributed by atoms with van der Waals surface area (Å²) in [4.78, 5) is 0. The molecule has 0 radical (unpaired) electrons. The number of nitrogens with zero attached hydrogens (tertiary/aromatic N) is 1. The minimum atomic E-state index is -3.27. The largest absolute Gasteiger partial charge is 0.328 e. The summed E-state index contributed by atoms with van der Waals surface area (Å²) >= 11 is 0. The van der Waals surface area contributed by atoms with E-state index in [1.165, 1.54) is 10.6 Å². The minimum absolute atomic E-state index is 0.117. The third-order valence-electron chi connectivity index (χ3n) is 3.17. The Morgan fingerprint density at radius 1 is 1.41 bits per heavy atom. The number of fused-ring (bicyclic) bond motifs is 1. The summed E-state index contributed by atoms with van der Waals surface area (Å²) in [6.45, 7) is 0.363. The van der Waals surface area contributed by atoms with E-state index in [1.807, 2.05) is 24.3 Å². The van der Waals surface area contributed by atoms with Crippen molar-refractivity contribution < 1.29 is 8.42 Å². The molecule has 1 aliphatic heterocycles. The number of rotatable bonds is 2. The van der Waals surface area contributed by atoms with Crippen LogP contribution in [-0.4, -0.2) is 27.3 Å². The number of nitrogens with two attached hydrogens (primary N) is 1. The number of hydrogen-bond donors (Lipinski definition) is 1. The van der Waals surface area contributed by atoms with Crippen LogP contribution in [0.5, 0.6) is 0 Å². The fourth-order valence-electron chi connectivity index (χ4n) is 2.44. The summed E-state index contributed by atoms with van der Waals surface area (Å²) in [6.07, 6.45) is 3.96. The van der Waals surface area contributed by atoms with Crippen LogP contribution in [0.1, 0.15) is 18.4 Å². The Labute approximate surface area is 102 Å². The van der Waals surface area contributed by atoms with Crippen LogP contribution in [0.15, 0.2) is 24.3 Å². The average Bonchev–Trinajstić information content (AvgIpc) is 2.46. The van der Waals surface area contributed by atoms with Crippen molar-refractivity contribution in [3.8, 4) is 0 Å². The van der Waals surface area contributed by atoms with Gasteiger partial charge in [-0.1, -0.05) is 18.2 Å². The molecule has 4 nitrogen and oxygen atoms in total. The van der Waals surface area contributed by atoms with Gasteiger partial charge in [-0.05, 0) is 30.9 Å². The van der Waals surface area contributed by atoms with Gasteiger partial charge in [-0.2, -0.15) is 0 Å². The summed E-state index contributed by atoms with van der Waals surface area (Å²) in [5, 5.41) is 0. The molecule has 0 aromatic heterocycles. The van der Waals surface area contributed by atoms with Crippen molar-refractivity contribution in [3.05, 3.63) is 29.8 Å². The second kappa shape index (κ2) is 4.66. The Kier molecular flexibility index (Phi) is 3.40. The zero-order valence-electron chi connectivity index (χ0n) is 9.96. The second-order valence-corrected chi connectivity index (χ2v) is 6.33. The highest BCUT2D eigenvalue weighted by Gasteiger charge is 2.29. The highest BCUT2D eigenvalue weighted by Crippen LogP contribution is 2.31. The summed E-state index contributed by atoms with van der Waals surface area (Å²) in [5.74, 6) is 0. The molecular weight excluding hydrogens is 236 g/mol. The molecular formula is C12H18N2O2S. The fraction of sp³-hybridized carbons (Fsp3) is 0.500. The van der Waals surface area contributed by atoms with Gasteiger partial charge in [0.1, 0.15) is 0 Å². The lowest BCUT2D eigenvalue weighted by Gasteiger charge is -2.30. The van der Waals surface area contributed by atoms with Gasteiger partial charge in [-0.25, -0.2) is 8.42 Å². The Balaban J connectivity index is 2.56. The summed E-state index contributed by atoms with van der Waals surface area (Å²) in [5.41, 5.74) is 7.60. The maximum Gasteiger partial charge on any atom is 0.232 e.